The summed E-state index contributed by atoms with van der Waals surface area (Å²) in [6, 6.07) is 0. The minimum atomic E-state index is -1.84. The molecular weight excluding hydrogens is 881 g/mol. The molecule has 0 aromatic heterocycles. The number of carbonyl (C=O) groups is 1. The average molecular weight is 961 g/mol. The zero-order valence-corrected chi connectivity index (χ0v) is 40.2. The summed E-state index contributed by atoms with van der Waals surface area (Å²) in [4.78, 5) is 15.0. The number of ether oxygens (including phenoxy) is 6. The second-order valence-corrected chi connectivity index (χ2v) is 22.8. The first kappa shape index (κ1) is 53.5. The molecule has 3 heterocycles. The highest BCUT2D eigenvalue weighted by Crippen LogP contribution is 2.74. The van der Waals surface area contributed by atoms with E-state index in [1.54, 1.807) is 13.8 Å². The summed E-state index contributed by atoms with van der Waals surface area (Å²) in [6.07, 6.45) is -17.4. The van der Waals surface area contributed by atoms with Gasteiger partial charge in [0, 0.05) is 17.3 Å². The van der Waals surface area contributed by atoms with E-state index < -0.39 is 141 Å². The number of rotatable bonds is 14. The first-order valence-electron chi connectivity index (χ1n) is 24.4. The van der Waals surface area contributed by atoms with Crippen molar-refractivity contribution >= 4 is 5.78 Å². The van der Waals surface area contributed by atoms with Crippen LogP contribution in [0.4, 0.5) is 0 Å². The Morgan fingerprint density at radius 3 is 1.75 bits per heavy atom. The molecule has 7 rings (SSSR count). The predicted molar refractivity (Wildman–Crippen MR) is 234 cm³/mol. The Kier molecular flexibility index (Phi) is 15.7. The quantitative estimate of drug-likeness (QED) is 0.0944. The molecule has 0 unspecified atom stereocenters. The lowest BCUT2D eigenvalue weighted by Gasteiger charge is -2.65. The Balaban J connectivity index is 1.06. The van der Waals surface area contributed by atoms with Gasteiger partial charge in [0.05, 0.1) is 37.6 Å². The molecule has 67 heavy (non-hydrogen) atoms. The normalized spacial score (nSPS) is 49.9. The van der Waals surface area contributed by atoms with Gasteiger partial charge in [-0.2, -0.15) is 0 Å². The van der Waals surface area contributed by atoms with Crippen LogP contribution in [0.15, 0.2) is 11.6 Å². The minimum Gasteiger partial charge on any atom is -0.394 e. The molecule has 0 aromatic rings. The number of aliphatic hydroxyl groups is 12. The number of hydrogen-bond acceptors (Lipinski definition) is 19. The van der Waals surface area contributed by atoms with Crippen LogP contribution < -0.4 is 0 Å². The smallest absolute Gasteiger partial charge is 0.187 e. The van der Waals surface area contributed by atoms with Crippen molar-refractivity contribution in [3.63, 3.8) is 0 Å². The summed E-state index contributed by atoms with van der Waals surface area (Å²) in [6.45, 7) is 14.2. The van der Waals surface area contributed by atoms with Gasteiger partial charge in [0.2, 0.25) is 0 Å². The predicted octanol–water partition coefficient (Wildman–Crippen LogP) is -0.848. The van der Waals surface area contributed by atoms with Crippen LogP contribution in [0.2, 0.25) is 0 Å². The van der Waals surface area contributed by atoms with Gasteiger partial charge < -0.3 is 89.7 Å². The molecule has 0 spiro atoms. The third-order valence-corrected chi connectivity index (χ3v) is 18.4. The molecule has 24 atom stereocenters. The van der Waals surface area contributed by atoms with Crippen LogP contribution >= 0.6 is 0 Å². The standard InChI is InChI=1S/C48H80O19/c1-21(9-13-31(45(4,5)61)66-43-40(37(58)34(55)27(20-51)64-43)67-42-39(60)36(57)33(54)26(19-50)63-42)22-15-16-46(6)28-12-10-23-24(48(28,8)29(52)17-47(22,46)7)11-14-30(44(23,2)3)65-41-38(59)35(56)32(53)25(18-49)62-41/h10,21-22,24-28,30-43,49-51,53-61H,9,11-20H2,1-8H3/t21-,22-,24-,25-,26-,27-,28+,30+,31-,32-,33-,34-,35+,36+,37+,38-,39-,40-,41+,42+,43+,46+,47-,48+/m1/s1. The first-order chi connectivity index (χ1) is 31.2. The fourth-order valence-electron chi connectivity index (χ4n) is 14.0. The van der Waals surface area contributed by atoms with E-state index in [0.29, 0.717) is 32.1 Å². The molecular formula is C48H80O19. The highest BCUT2D eigenvalue weighted by molar-refractivity contribution is 5.88. The van der Waals surface area contributed by atoms with Crippen molar-refractivity contribution in [1.82, 2.24) is 0 Å². The molecule has 3 aliphatic heterocycles. The Morgan fingerprint density at radius 1 is 0.687 bits per heavy atom. The van der Waals surface area contributed by atoms with Crippen molar-refractivity contribution in [2.45, 2.75) is 217 Å². The van der Waals surface area contributed by atoms with Crippen LogP contribution in [0.25, 0.3) is 0 Å². The van der Waals surface area contributed by atoms with Crippen molar-refractivity contribution in [3.05, 3.63) is 11.6 Å². The Bertz CT molecular complexity index is 1750. The van der Waals surface area contributed by atoms with Gasteiger partial charge in [-0.1, -0.05) is 53.2 Å². The summed E-state index contributed by atoms with van der Waals surface area (Å²) in [5.41, 5.74) is -2.17. The molecule has 3 saturated heterocycles. The van der Waals surface area contributed by atoms with Crippen LogP contribution in [0, 0.1) is 45.3 Å². The number of fused-ring (bicyclic) bond motifs is 5. The third kappa shape index (κ3) is 9.04. The van der Waals surface area contributed by atoms with Crippen molar-refractivity contribution in [1.29, 1.82) is 0 Å². The van der Waals surface area contributed by atoms with Crippen molar-refractivity contribution in [3.8, 4) is 0 Å². The van der Waals surface area contributed by atoms with Gasteiger partial charge in [-0.05, 0) is 93.3 Å². The van der Waals surface area contributed by atoms with E-state index in [1.165, 1.54) is 0 Å². The monoisotopic (exact) mass is 961 g/mol. The number of allylic oxidation sites excluding steroid dienone is 1. The zero-order chi connectivity index (χ0) is 49.5. The van der Waals surface area contributed by atoms with Crippen LogP contribution in [0.5, 0.6) is 0 Å². The number of Topliss-reactive ketones (excluding diaryl/α,β-unsaturated/α-hetero) is 1. The minimum absolute atomic E-state index is 0.0482. The van der Waals surface area contributed by atoms with Gasteiger partial charge >= 0.3 is 0 Å². The first-order valence-corrected chi connectivity index (χ1v) is 24.4. The molecule has 4 aliphatic carbocycles. The maximum atomic E-state index is 15.0. The maximum Gasteiger partial charge on any atom is 0.187 e. The summed E-state index contributed by atoms with van der Waals surface area (Å²) in [5.74, 6) is 0.405. The van der Waals surface area contributed by atoms with Gasteiger partial charge in [0.1, 0.15) is 79.0 Å². The summed E-state index contributed by atoms with van der Waals surface area (Å²) in [7, 11) is 0. The number of carbonyl (C=O) groups excluding carboxylic acids is 1. The van der Waals surface area contributed by atoms with Crippen molar-refractivity contribution in [2.75, 3.05) is 19.8 Å². The van der Waals surface area contributed by atoms with E-state index in [2.05, 4.69) is 47.6 Å². The molecule has 0 radical (unpaired) electrons. The lowest BCUT2D eigenvalue weighted by Crippen LogP contribution is -2.65. The van der Waals surface area contributed by atoms with Gasteiger partial charge in [-0.3, -0.25) is 4.79 Å². The van der Waals surface area contributed by atoms with Crippen LogP contribution in [-0.2, 0) is 33.2 Å². The number of aliphatic hydroxyl groups excluding tert-OH is 11. The van der Waals surface area contributed by atoms with E-state index >= 15 is 4.79 Å². The molecule has 19 nitrogen and oxygen atoms in total. The molecule has 0 amide bonds. The number of hydrogen-bond donors (Lipinski definition) is 12. The van der Waals surface area contributed by atoms with E-state index in [9.17, 15) is 61.3 Å². The van der Waals surface area contributed by atoms with Crippen molar-refractivity contribution < 1.29 is 94.5 Å². The van der Waals surface area contributed by atoms with E-state index in [-0.39, 0.29) is 46.7 Å². The van der Waals surface area contributed by atoms with E-state index in [0.717, 1.165) is 18.4 Å². The summed E-state index contributed by atoms with van der Waals surface area (Å²) in [5, 5.41) is 126. The van der Waals surface area contributed by atoms with Crippen LogP contribution in [-0.4, -0.2) is 197 Å². The molecule has 7 aliphatic rings. The van der Waals surface area contributed by atoms with Gasteiger partial charge in [-0.15, -0.1) is 0 Å². The van der Waals surface area contributed by atoms with Crippen molar-refractivity contribution in [2.24, 2.45) is 45.3 Å². The molecule has 6 fully saturated rings. The average Bonchev–Trinajstić information content (AvgIpc) is 3.54. The van der Waals surface area contributed by atoms with Gasteiger partial charge in [0.15, 0.2) is 18.9 Å². The SMILES string of the molecule is C[C@H](CC[C@@H](O[C@@H]1O[C@H](CO)[C@@H](O)[C@H](O)[C@H]1O[C@@H]1O[C@H](CO)[C@@H](O)[C@H](O)[C@H]1O)C(C)(C)O)[C@H]1CC[C@@]2(C)[C@@H]3CC=C4[C@@H](CC[C@H](O[C@@H]5O[C@H](CO)[C@@H](O)[C@H](O)[C@H]5O)C4(C)C)[C@]3(C)C(=O)C[C@]12C. The van der Waals surface area contributed by atoms with Gasteiger partial charge in [0.25, 0.3) is 0 Å². The maximum absolute atomic E-state index is 15.0. The summed E-state index contributed by atoms with van der Waals surface area (Å²) >= 11 is 0. The Hall–Kier alpha value is -1.31. The lowest BCUT2D eigenvalue weighted by molar-refractivity contribution is -0.375. The molecule has 0 aromatic carbocycles. The lowest BCUT2D eigenvalue weighted by atomic mass is 9.38. The van der Waals surface area contributed by atoms with E-state index in [1.807, 2.05) is 0 Å². The molecule has 386 valence electrons. The van der Waals surface area contributed by atoms with Crippen LogP contribution in [0.3, 0.4) is 0 Å². The molecule has 3 saturated carbocycles. The Labute approximate surface area is 393 Å². The molecule has 19 heteroatoms. The highest BCUT2D eigenvalue weighted by Gasteiger charge is 2.70. The fourth-order valence-corrected chi connectivity index (χ4v) is 14.0. The molecule has 0 bridgehead atoms. The third-order valence-electron chi connectivity index (χ3n) is 18.4. The zero-order valence-electron chi connectivity index (χ0n) is 40.2. The summed E-state index contributed by atoms with van der Waals surface area (Å²) < 4.78 is 35.9. The Morgan fingerprint density at radius 2 is 1.21 bits per heavy atom. The number of ketones is 1. The fraction of sp³-hybridized carbons (Fsp3) is 0.938. The highest BCUT2D eigenvalue weighted by atomic mass is 16.8. The van der Waals surface area contributed by atoms with E-state index in [4.69, 9.17) is 28.4 Å². The van der Waals surface area contributed by atoms with Crippen LogP contribution in [0.1, 0.15) is 107 Å². The molecule has 12 N–H and O–H groups in total. The second kappa shape index (κ2) is 19.6. The topological polar surface area (TPSA) is 315 Å². The second-order valence-electron chi connectivity index (χ2n) is 22.8. The van der Waals surface area contributed by atoms with Gasteiger partial charge in [-0.25, -0.2) is 0 Å². The largest absolute Gasteiger partial charge is 0.394 e.